The number of hydrogen-bond donors (Lipinski definition) is 2. The number of hydrogen-bond acceptors (Lipinski definition) is 6. The van der Waals surface area contributed by atoms with E-state index in [1.54, 1.807) is 0 Å². The first-order valence-corrected chi connectivity index (χ1v) is 7.90. The molecule has 0 saturated heterocycles. The summed E-state index contributed by atoms with van der Waals surface area (Å²) in [5.41, 5.74) is -0.617. The fraction of sp³-hybridized carbons (Fsp3) is 0.0625. The number of halogens is 3. The van der Waals surface area contributed by atoms with Crippen molar-refractivity contribution in [2.24, 2.45) is 0 Å². The highest BCUT2D eigenvalue weighted by Crippen LogP contribution is 2.35. The van der Waals surface area contributed by atoms with Gasteiger partial charge in [-0.15, -0.1) is 0 Å². The average Bonchev–Trinajstić information content (AvgIpc) is 3.26. The highest BCUT2D eigenvalue weighted by atomic mass is 32.2. The van der Waals surface area contributed by atoms with E-state index in [-0.39, 0.29) is 16.5 Å². The second kappa shape index (κ2) is 7.08. The molecule has 26 heavy (non-hydrogen) atoms. The van der Waals surface area contributed by atoms with Gasteiger partial charge in [0.1, 0.15) is 6.33 Å². The molecule has 0 aliphatic rings. The fourth-order valence-corrected chi connectivity index (χ4v) is 2.84. The molecule has 0 bridgehead atoms. The number of aromatic amines is 1. The van der Waals surface area contributed by atoms with Crippen LogP contribution >= 0.6 is 11.8 Å². The normalized spacial score (nSPS) is 12.3. The number of nitrogens with one attached hydrogen (secondary N) is 1. The molecule has 3 rings (SSSR count). The van der Waals surface area contributed by atoms with Crippen LogP contribution in [-0.2, 0) is 6.18 Å². The minimum Gasteiger partial charge on any atom is -0.504 e. The third-order valence-corrected chi connectivity index (χ3v) is 4.21. The molecule has 134 valence electrons. The zero-order valence-corrected chi connectivity index (χ0v) is 13.6. The van der Waals surface area contributed by atoms with Crippen LogP contribution in [-0.4, -0.2) is 26.1 Å². The number of H-pyrrole nitrogens is 1. The summed E-state index contributed by atoms with van der Waals surface area (Å²) in [6, 6.07) is 5.86. The van der Waals surface area contributed by atoms with Crippen molar-refractivity contribution in [2.45, 2.75) is 16.2 Å². The number of ketones is 1. The molecule has 0 unspecified atom stereocenters. The minimum absolute atomic E-state index is 0.0428. The van der Waals surface area contributed by atoms with E-state index in [1.165, 1.54) is 30.8 Å². The Morgan fingerprint density at radius 3 is 2.58 bits per heavy atom. The third-order valence-electron chi connectivity index (χ3n) is 3.20. The first kappa shape index (κ1) is 17.8. The van der Waals surface area contributed by atoms with Gasteiger partial charge in [0, 0.05) is 11.0 Å². The van der Waals surface area contributed by atoms with Crippen LogP contribution in [0, 0.1) is 0 Å². The largest absolute Gasteiger partial charge is 0.504 e. The van der Waals surface area contributed by atoms with Gasteiger partial charge in [-0.1, -0.05) is 11.8 Å². The lowest BCUT2D eigenvalue weighted by Gasteiger charge is -2.07. The van der Waals surface area contributed by atoms with E-state index in [4.69, 9.17) is 4.42 Å². The second-order valence-corrected chi connectivity index (χ2v) is 6.01. The summed E-state index contributed by atoms with van der Waals surface area (Å²) in [4.78, 5) is 16.5. The second-order valence-electron chi connectivity index (χ2n) is 4.96. The molecule has 2 heterocycles. The van der Waals surface area contributed by atoms with Gasteiger partial charge in [-0.25, -0.2) is 4.98 Å². The molecule has 0 radical (unpaired) electrons. The first-order valence-electron chi connectivity index (χ1n) is 7.08. The summed E-state index contributed by atoms with van der Waals surface area (Å²) < 4.78 is 43.0. The lowest BCUT2D eigenvalue weighted by Crippen LogP contribution is -2.03. The number of benzene rings is 1. The van der Waals surface area contributed by atoms with Gasteiger partial charge in [0.2, 0.25) is 5.82 Å². The van der Waals surface area contributed by atoms with Gasteiger partial charge in [0.15, 0.2) is 16.6 Å². The molecular weight excluding hydrogens is 371 g/mol. The fourth-order valence-electron chi connectivity index (χ4n) is 1.97. The number of nitrogens with zero attached hydrogens (tertiary/aromatic N) is 2. The van der Waals surface area contributed by atoms with E-state index in [0.29, 0.717) is 4.90 Å². The summed E-state index contributed by atoms with van der Waals surface area (Å²) in [7, 11) is 0. The number of aromatic nitrogens is 3. The molecule has 1 aromatic carbocycles. The molecule has 0 amide bonds. The molecule has 0 aliphatic heterocycles. The van der Waals surface area contributed by atoms with Gasteiger partial charge in [-0.05, 0) is 30.3 Å². The Hall–Kier alpha value is -3.01. The topological polar surface area (TPSA) is 92.0 Å². The van der Waals surface area contributed by atoms with E-state index in [1.807, 2.05) is 0 Å². The number of furan rings is 1. The number of aliphatic hydroxyl groups excluding tert-OH is 1. The van der Waals surface area contributed by atoms with Crippen LogP contribution in [0.15, 0.2) is 63.4 Å². The Morgan fingerprint density at radius 2 is 1.96 bits per heavy atom. The van der Waals surface area contributed by atoms with Crippen LogP contribution in [0.2, 0.25) is 0 Å². The van der Waals surface area contributed by atoms with E-state index < -0.39 is 23.3 Å². The summed E-state index contributed by atoms with van der Waals surface area (Å²) >= 11 is 0.990. The molecule has 3 aromatic rings. The van der Waals surface area contributed by atoms with E-state index in [0.717, 1.165) is 30.0 Å². The Kier molecular flexibility index (Phi) is 4.85. The van der Waals surface area contributed by atoms with E-state index in [2.05, 4.69) is 15.2 Å². The zero-order valence-electron chi connectivity index (χ0n) is 12.8. The van der Waals surface area contributed by atoms with Crippen LogP contribution in [0.1, 0.15) is 21.7 Å². The maximum Gasteiger partial charge on any atom is 0.416 e. The number of carbonyl (C=O) groups excluding carboxylic acids is 1. The molecule has 0 spiro atoms. The number of rotatable bonds is 5. The lowest BCUT2D eigenvalue weighted by atomic mass is 10.2. The van der Waals surface area contributed by atoms with Gasteiger partial charge in [0.25, 0.3) is 0 Å². The lowest BCUT2D eigenvalue weighted by molar-refractivity contribution is -0.137. The number of aliphatic hydroxyl groups is 1. The van der Waals surface area contributed by atoms with Crippen molar-refractivity contribution in [1.29, 1.82) is 0 Å². The monoisotopic (exact) mass is 381 g/mol. The van der Waals surface area contributed by atoms with Crippen LogP contribution in [0.4, 0.5) is 13.2 Å². The molecule has 10 heteroatoms. The Bertz CT molecular complexity index is 932. The van der Waals surface area contributed by atoms with Crippen LogP contribution in [0.5, 0.6) is 0 Å². The molecule has 0 saturated carbocycles. The van der Waals surface area contributed by atoms with Gasteiger partial charge in [0.05, 0.1) is 17.4 Å². The SMILES string of the molecule is O=C(C=C(O)c1nc[nH]n1)c1ccoc1Sc1ccc(C(F)(F)F)cc1. The quantitative estimate of drug-likeness (QED) is 0.388. The Morgan fingerprint density at radius 1 is 1.23 bits per heavy atom. The number of allylic oxidation sites excluding steroid dienone is 1. The van der Waals surface area contributed by atoms with Gasteiger partial charge >= 0.3 is 6.18 Å². The maximum absolute atomic E-state index is 12.6. The summed E-state index contributed by atoms with van der Waals surface area (Å²) in [5, 5.41) is 16.0. The van der Waals surface area contributed by atoms with Gasteiger partial charge in [-0.2, -0.15) is 18.3 Å². The maximum atomic E-state index is 12.6. The van der Waals surface area contributed by atoms with Crippen molar-refractivity contribution in [3.05, 3.63) is 65.9 Å². The van der Waals surface area contributed by atoms with Crippen molar-refractivity contribution < 1.29 is 27.5 Å². The predicted molar refractivity (Wildman–Crippen MR) is 85.6 cm³/mol. The van der Waals surface area contributed by atoms with Gasteiger partial charge in [-0.3, -0.25) is 9.89 Å². The van der Waals surface area contributed by atoms with Gasteiger partial charge < -0.3 is 9.52 Å². The number of alkyl halides is 3. The van der Waals surface area contributed by atoms with Crippen LogP contribution < -0.4 is 0 Å². The molecular formula is C16H10F3N3O3S. The summed E-state index contributed by atoms with van der Waals surface area (Å²) in [5.74, 6) is -1.03. The predicted octanol–water partition coefficient (Wildman–Crippen LogP) is 4.35. The van der Waals surface area contributed by atoms with E-state index in [9.17, 15) is 23.1 Å². The molecule has 2 aromatic heterocycles. The van der Waals surface area contributed by atoms with Crippen molar-refractivity contribution in [2.75, 3.05) is 0 Å². The third kappa shape index (κ3) is 3.97. The molecule has 0 aliphatic carbocycles. The van der Waals surface area contributed by atoms with Crippen molar-refractivity contribution in [3.63, 3.8) is 0 Å². The molecule has 6 nitrogen and oxygen atoms in total. The number of carbonyl (C=O) groups is 1. The average molecular weight is 381 g/mol. The summed E-state index contributed by atoms with van der Waals surface area (Å²) in [6.45, 7) is 0. The Balaban J connectivity index is 1.78. The van der Waals surface area contributed by atoms with Crippen molar-refractivity contribution >= 4 is 23.3 Å². The van der Waals surface area contributed by atoms with Crippen LogP contribution in [0.25, 0.3) is 5.76 Å². The summed E-state index contributed by atoms with van der Waals surface area (Å²) in [6.07, 6.45) is -0.965. The highest BCUT2D eigenvalue weighted by molar-refractivity contribution is 7.99. The molecule has 0 atom stereocenters. The highest BCUT2D eigenvalue weighted by Gasteiger charge is 2.30. The Labute approximate surface area is 148 Å². The smallest absolute Gasteiger partial charge is 0.416 e. The first-order chi connectivity index (χ1) is 12.3. The van der Waals surface area contributed by atoms with Crippen molar-refractivity contribution in [3.8, 4) is 0 Å². The molecule has 2 N–H and O–H groups in total. The standard InChI is InChI=1S/C16H10F3N3O3S/c17-16(18,19)9-1-3-10(4-2-9)26-15-11(5-6-25-15)12(23)7-13(24)14-20-8-21-22-14/h1-8,24H,(H,20,21,22). The van der Waals surface area contributed by atoms with E-state index >= 15 is 0 Å². The van der Waals surface area contributed by atoms with Crippen molar-refractivity contribution in [1.82, 2.24) is 15.2 Å². The zero-order chi connectivity index (χ0) is 18.7. The molecule has 0 fully saturated rings. The van der Waals surface area contributed by atoms with Crippen LogP contribution in [0.3, 0.4) is 0 Å². The minimum atomic E-state index is -4.42.